The van der Waals surface area contributed by atoms with Crippen molar-refractivity contribution in [2.45, 2.75) is 25.2 Å². The molecule has 0 radical (unpaired) electrons. The monoisotopic (exact) mass is 396 g/mol. The molecule has 3 heterocycles. The highest BCUT2D eigenvalue weighted by molar-refractivity contribution is 8.93. The Kier molecular flexibility index (Phi) is 5.56. The van der Waals surface area contributed by atoms with Gasteiger partial charge in [0.05, 0.1) is 23.9 Å². The highest BCUT2D eigenvalue weighted by atomic mass is 79.9. The van der Waals surface area contributed by atoms with E-state index in [0.29, 0.717) is 12.5 Å². The van der Waals surface area contributed by atoms with Crippen molar-refractivity contribution in [2.24, 2.45) is 0 Å². The van der Waals surface area contributed by atoms with Crippen LogP contribution in [0.25, 0.3) is 11.3 Å². The molecule has 23 heavy (non-hydrogen) atoms. The summed E-state index contributed by atoms with van der Waals surface area (Å²) >= 11 is 1.78. The van der Waals surface area contributed by atoms with Gasteiger partial charge in [-0.3, -0.25) is 0 Å². The minimum Gasteiger partial charge on any atom is -0.490 e. The minimum absolute atomic E-state index is 0. The van der Waals surface area contributed by atoms with Crippen LogP contribution in [0.4, 0.5) is 0 Å². The van der Waals surface area contributed by atoms with Crippen molar-refractivity contribution in [3.8, 4) is 22.8 Å². The first kappa shape index (κ1) is 16.7. The molecular weight excluding hydrogens is 376 g/mol. The van der Waals surface area contributed by atoms with Gasteiger partial charge in [0.2, 0.25) is 0 Å². The zero-order chi connectivity index (χ0) is 14.8. The van der Waals surface area contributed by atoms with Crippen LogP contribution in [0.15, 0.2) is 23.6 Å². The number of nitrogens with zero attached hydrogens (tertiary/aromatic N) is 1. The van der Waals surface area contributed by atoms with E-state index in [4.69, 9.17) is 14.5 Å². The van der Waals surface area contributed by atoms with Crippen molar-refractivity contribution in [2.75, 3.05) is 26.3 Å². The molecule has 1 aromatic heterocycles. The molecule has 1 saturated heterocycles. The van der Waals surface area contributed by atoms with Crippen LogP contribution < -0.4 is 14.8 Å². The molecule has 0 bridgehead atoms. The molecule has 2 aliphatic heterocycles. The Labute approximate surface area is 151 Å². The number of hydrogen-bond acceptors (Lipinski definition) is 5. The van der Waals surface area contributed by atoms with Gasteiger partial charge in [-0.2, -0.15) is 0 Å². The number of aromatic nitrogens is 1. The zero-order valence-electron chi connectivity index (χ0n) is 12.9. The van der Waals surface area contributed by atoms with Crippen molar-refractivity contribution < 1.29 is 9.47 Å². The fourth-order valence-corrected chi connectivity index (χ4v) is 4.00. The van der Waals surface area contributed by atoms with Gasteiger partial charge in [-0.15, -0.1) is 28.3 Å². The van der Waals surface area contributed by atoms with Crippen LogP contribution in [0.5, 0.6) is 11.5 Å². The van der Waals surface area contributed by atoms with Gasteiger partial charge >= 0.3 is 0 Å². The minimum atomic E-state index is 0. The van der Waals surface area contributed by atoms with Gasteiger partial charge in [0, 0.05) is 23.3 Å². The molecule has 1 N–H and O–H groups in total. The Hall–Kier alpha value is -1.11. The highest BCUT2D eigenvalue weighted by Crippen LogP contribution is 2.36. The predicted molar refractivity (Wildman–Crippen MR) is 98.3 cm³/mol. The molecule has 124 valence electrons. The van der Waals surface area contributed by atoms with E-state index in [2.05, 4.69) is 22.8 Å². The molecule has 4 nitrogen and oxygen atoms in total. The lowest BCUT2D eigenvalue weighted by molar-refractivity contribution is 0.297. The maximum Gasteiger partial charge on any atom is 0.161 e. The van der Waals surface area contributed by atoms with Crippen LogP contribution in [0.3, 0.4) is 0 Å². The molecule has 6 heteroatoms. The van der Waals surface area contributed by atoms with Gasteiger partial charge < -0.3 is 14.8 Å². The van der Waals surface area contributed by atoms with E-state index >= 15 is 0 Å². The topological polar surface area (TPSA) is 43.4 Å². The van der Waals surface area contributed by atoms with Crippen molar-refractivity contribution in [3.05, 3.63) is 28.6 Å². The van der Waals surface area contributed by atoms with Crippen molar-refractivity contribution in [3.63, 3.8) is 0 Å². The third-order valence-corrected chi connectivity index (χ3v) is 5.26. The molecule has 0 aliphatic carbocycles. The van der Waals surface area contributed by atoms with Crippen LogP contribution >= 0.6 is 28.3 Å². The first-order valence-corrected chi connectivity index (χ1v) is 8.84. The lowest BCUT2D eigenvalue weighted by Gasteiger charge is -2.20. The molecule has 0 spiro atoms. The van der Waals surface area contributed by atoms with E-state index in [0.717, 1.165) is 48.9 Å². The summed E-state index contributed by atoms with van der Waals surface area (Å²) in [6.07, 6.45) is 3.31. The predicted octanol–water partition coefficient (Wildman–Crippen LogP) is 4.02. The van der Waals surface area contributed by atoms with Crippen molar-refractivity contribution in [1.82, 2.24) is 10.3 Å². The van der Waals surface area contributed by atoms with E-state index in [-0.39, 0.29) is 17.0 Å². The molecule has 4 rings (SSSR count). The van der Waals surface area contributed by atoms with E-state index in [9.17, 15) is 0 Å². The van der Waals surface area contributed by atoms with Crippen LogP contribution in [0, 0.1) is 0 Å². The molecular formula is C17H21BrN2O2S. The Morgan fingerprint density at radius 3 is 2.70 bits per heavy atom. The molecule has 0 atom stereocenters. The van der Waals surface area contributed by atoms with Gasteiger partial charge in [0.25, 0.3) is 0 Å². The summed E-state index contributed by atoms with van der Waals surface area (Å²) in [5.41, 5.74) is 2.16. The molecule has 1 fully saturated rings. The fraction of sp³-hybridized carbons (Fsp3) is 0.471. The summed E-state index contributed by atoms with van der Waals surface area (Å²) in [7, 11) is 0. The number of halogens is 1. The number of nitrogens with one attached hydrogen (secondary N) is 1. The standard InChI is InChI=1S/C17H20N2O2S.BrH/c1-8-20-15-3-2-13(10-16(15)21-9-1)14-11-22-17(19-14)12-4-6-18-7-5-12;/h2-3,10-12,18H,1,4-9H2;1H. The average molecular weight is 397 g/mol. The van der Waals surface area contributed by atoms with Crippen molar-refractivity contribution in [1.29, 1.82) is 0 Å². The number of thiazole rings is 1. The summed E-state index contributed by atoms with van der Waals surface area (Å²) in [4.78, 5) is 4.87. The SMILES string of the molecule is Br.c1cc2c(cc1-c1csc(C3CCNCC3)n1)OCCCO2. The Balaban J connectivity index is 0.00000156. The van der Waals surface area contributed by atoms with Crippen molar-refractivity contribution >= 4 is 28.3 Å². The quantitative estimate of drug-likeness (QED) is 0.832. The smallest absolute Gasteiger partial charge is 0.161 e. The summed E-state index contributed by atoms with van der Waals surface area (Å²) in [5, 5.41) is 6.84. The number of ether oxygens (including phenoxy) is 2. The lowest BCUT2D eigenvalue weighted by atomic mass is 9.99. The van der Waals surface area contributed by atoms with Crippen LogP contribution in [0.1, 0.15) is 30.2 Å². The molecule has 0 unspecified atom stereocenters. The van der Waals surface area contributed by atoms with Gasteiger partial charge in [0.15, 0.2) is 11.5 Å². The number of rotatable bonds is 2. The summed E-state index contributed by atoms with van der Waals surface area (Å²) < 4.78 is 11.5. The molecule has 2 aliphatic rings. The maximum atomic E-state index is 5.78. The van der Waals surface area contributed by atoms with Gasteiger partial charge in [-0.05, 0) is 44.1 Å². The number of piperidine rings is 1. The highest BCUT2D eigenvalue weighted by Gasteiger charge is 2.19. The normalized spacial score (nSPS) is 18.1. The Morgan fingerprint density at radius 2 is 1.87 bits per heavy atom. The number of fused-ring (bicyclic) bond motifs is 1. The van der Waals surface area contributed by atoms with E-state index in [1.54, 1.807) is 11.3 Å². The van der Waals surface area contributed by atoms with E-state index < -0.39 is 0 Å². The second-order valence-corrected chi connectivity index (χ2v) is 6.70. The fourth-order valence-electron chi connectivity index (χ4n) is 3.00. The van der Waals surface area contributed by atoms with Crippen LogP contribution in [-0.4, -0.2) is 31.3 Å². The Bertz CT molecular complexity index is 656. The third-order valence-electron chi connectivity index (χ3n) is 4.25. The summed E-state index contributed by atoms with van der Waals surface area (Å²) in [6, 6.07) is 6.14. The molecule has 0 saturated carbocycles. The number of hydrogen-bond donors (Lipinski definition) is 1. The van der Waals surface area contributed by atoms with Gasteiger partial charge in [0.1, 0.15) is 0 Å². The first-order valence-electron chi connectivity index (χ1n) is 7.96. The Morgan fingerprint density at radius 1 is 1.09 bits per heavy atom. The maximum absolute atomic E-state index is 5.78. The van der Waals surface area contributed by atoms with Gasteiger partial charge in [-0.25, -0.2) is 4.98 Å². The van der Waals surface area contributed by atoms with Crippen LogP contribution in [0.2, 0.25) is 0 Å². The largest absolute Gasteiger partial charge is 0.490 e. The first-order chi connectivity index (χ1) is 10.9. The van der Waals surface area contributed by atoms with E-state index in [1.807, 2.05) is 6.07 Å². The second-order valence-electron chi connectivity index (χ2n) is 5.81. The lowest BCUT2D eigenvalue weighted by Crippen LogP contribution is -2.26. The average Bonchev–Trinajstić information content (AvgIpc) is 2.95. The second kappa shape index (κ2) is 7.64. The number of benzene rings is 1. The summed E-state index contributed by atoms with van der Waals surface area (Å²) in [5.74, 6) is 2.29. The molecule has 1 aromatic carbocycles. The summed E-state index contributed by atoms with van der Waals surface area (Å²) in [6.45, 7) is 3.64. The van der Waals surface area contributed by atoms with E-state index in [1.165, 1.54) is 17.8 Å². The molecule has 2 aromatic rings. The van der Waals surface area contributed by atoms with Crippen LogP contribution in [-0.2, 0) is 0 Å². The third kappa shape index (κ3) is 3.70. The zero-order valence-corrected chi connectivity index (χ0v) is 15.4. The van der Waals surface area contributed by atoms with Gasteiger partial charge in [-0.1, -0.05) is 0 Å². The molecule has 0 amide bonds.